The van der Waals surface area contributed by atoms with Crippen LogP contribution in [0.5, 0.6) is 0 Å². The molecule has 0 atom stereocenters. The quantitative estimate of drug-likeness (QED) is 0.701. The zero-order valence-corrected chi connectivity index (χ0v) is 12.1. The summed E-state index contributed by atoms with van der Waals surface area (Å²) in [7, 11) is 0. The van der Waals surface area contributed by atoms with Crippen molar-refractivity contribution >= 4 is 0 Å². The van der Waals surface area contributed by atoms with Crippen molar-refractivity contribution in [2.45, 2.75) is 65.2 Å². The third-order valence-electron chi connectivity index (χ3n) is 4.26. The molecule has 100 valence electrons. The number of fused-ring (bicyclic) bond motifs is 1. The molecule has 0 radical (unpaired) electrons. The minimum atomic E-state index is -0.0525. The maximum atomic E-state index is 13.8. The molecule has 0 aromatic heterocycles. The Morgan fingerprint density at radius 3 is 2.61 bits per heavy atom. The Hall–Kier alpha value is -0.850. The molecule has 1 aliphatic carbocycles. The lowest BCUT2D eigenvalue weighted by Gasteiger charge is -2.29. The highest BCUT2D eigenvalue weighted by Gasteiger charge is 2.27. The van der Waals surface area contributed by atoms with Crippen LogP contribution < -0.4 is 0 Å². The smallest absolute Gasteiger partial charge is 0.123 e. The Kier molecular flexibility index (Phi) is 3.79. The fourth-order valence-corrected chi connectivity index (χ4v) is 3.06. The highest BCUT2D eigenvalue weighted by molar-refractivity contribution is 5.42. The molecule has 0 bridgehead atoms. The van der Waals surface area contributed by atoms with Crippen molar-refractivity contribution in [2.75, 3.05) is 0 Å². The zero-order valence-electron chi connectivity index (χ0n) is 12.1. The average Bonchev–Trinajstić information content (AvgIpc) is 2.73. The molecule has 1 aliphatic rings. The summed E-state index contributed by atoms with van der Waals surface area (Å²) in [6.07, 6.45) is 5.72. The second kappa shape index (κ2) is 5.03. The highest BCUT2D eigenvalue weighted by Crippen LogP contribution is 2.37. The molecule has 1 aromatic rings. The lowest BCUT2D eigenvalue weighted by atomic mass is 9.76. The molecule has 0 fully saturated rings. The van der Waals surface area contributed by atoms with Crippen molar-refractivity contribution in [3.8, 4) is 0 Å². The Morgan fingerprint density at radius 2 is 1.94 bits per heavy atom. The number of halogens is 1. The van der Waals surface area contributed by atoms with Crippen LogP contribution in [0.4, 0.5) is 4.39 Å². The molecule has 18 heavy (non-hydrogen) atoms. The van der Waals surface area contributed by atoms with Crippen molar-refractivity contribution in [3.63, 3.8) is 0 Å². The van der Waals surface area contributed by atoms with Crippen LogP contribution in [0, 0.1) is 11.7 Å². The van der Waals surface area contributed by atoms with Gasteiger partial charge in [0.2, 0.25) is 0 Å². The van der Waals surface area contributed by atoms with E-state index in [-0.39, 0.29) is 11.2 Å². The monoisotopic (exact) mass is 248 g/mol. The fraction of sp³-hybridized carbons (Fsp3) is 0.647. The molecule has 0 N–H and O–H groups in total. The Bertz CT molecular complexity index is 429. The van der Waals surface area contributed by atoms with Crippen molar-refractivity contribution in [1.29, 1.82) is 0 Å². The van der Waals surface area contributed by atoms with E-state index in [1.807, 2.05) is 0 Å². The molecular weight excluding hydrogens is 223 g/mol. The van der Waals surface area contributed by atoms with E-state index < -0.39 is 0 Å². The lowest BCUT2D eigenvalue weighted by Crippen LogP contribution is -2.20. The van der Waals surface area contributed by atoms with Crippen molar-refractivity contribution in [2.24, 2.45) is 5.92 Å². The largest absolute Gasteiger partial charge is 0.207 e. The van der Waals surface area contributed by atoms with Gasteiger partial charge in [0.1, 0.15) is 5.82 Å². The summed E-state index contributed by atoms with van der Waals surface area (Å²) in [5.41, 5.74) is 4.05. The van der Waals surface area contributed by atoms with Crippen LogP contribution in [0.15, 0.2) is 12.1 Å². The topological polar surface area (TPSA) is 0 Å². The Labute approximate surface area is 111 Å². The van der Waals surface area contributed by atoms with Crippen LogP contribution >= 0.6 is 0 Å². The summed E-state index contributed by atoms with van der Waals surface area (Å²) in [5.74, 6) is 0.661. The maximum Gasteiger partial charge on any atom is 0.123 e. The molecule has 1 aromatic carbocycles. The van der Waals surface area contributed by atoms with Gasteiger partial charge in [-0.15, -0.1) is 0 Å². The van der Waals surface area contributed by atoms with Crippen molar-refractivity contribution < 1.29 is 4.39 Å². The van der Waals surface area contributed by atoms with E-state index in [9.17, 15) is 4.39 Å². The first-order valence-electron chi connectivity index (χ1n) is 7.22. The van der Waals surface area contributed by atoms with E-state index in [4.69, 9.17) is 0 Å². The van der Waals surface area contributed by atoms with Crippen LogP contribution in [0.3, 0.4) is 0 Å². The number of rotatable bonds is 4. The van der Waals surface area contributed by atoms with E-state index in [1.165, 1.54) is 29.5 Å². The summed E-state index contributed by atoms with van der Waals surface area (Å²) >= 11 is 0. The van der Waals surface area contributed by atoms with Crippen LogP contribution in [0.25, 0.3) is 0 Å². The first kappa shape index (κ1) is 13.6. The van der Waals surface area contributed by atoms with Gasteiger partial charge in [-0.05, 0) is 65.8 Å². The summed E-state index contributed by atoms with van der Waals surface area (Å²) in [5, 5.41) is 0. The molecular formula is C17H25F. The molecule has 0 amide bonds. The second-order valence-corrected chi connectivity index (χ2v) is 6.76. The van der Waals surface area contributed by atoms with Gasteiger partial charge in [-0.2, -0.15) is 0 Å². The lowest BCUT2D eigenvalue weighted by molar-refractivity contribution is 0.410. The normalized spacial score (nSPS) is 15.2. The standard InChI is InChI=1S/C17H25F/c1-12(2)8-9-17(3,4)16-11-14(18)10-13-6-5-7-15(13)16/h10-12H,5-9H2,1-4H3. The van der Waals surface area contributed by atoms with Crippen molar-refractivity contribution in [3.05, 3.63) is 34.6 Å². The molecule has 0 nitrogen and oxygen atoms in total. The van der Waals surface area contributed by atoms with E-state index >= 15 is 0 Å². The Balaban J connectivity index is 2.32. The molecule has 0 heterocycles. The van der Waals surface area contributed by atoms with Gasteiger partial charge in [-0.1, -0.05) is 34.1 Å². The first-order chi connectivity index (χ1) is 8.40. The van der Waals surface area contributed by atoms with Gasteiger partial charge >= 0.3 is 0 Å². The minimum absolute atomic E-state index is 0.0525. The van der Waals surface area contributed by atoms with Crippen LogP contribution in [-0.4, -0.2) is 0 Å². The van der Waals surface area contributed by atoms with Gasteiger partial charge in [0.15, 0.2) is 0 Å². The number of hydrogen-bond acceptors (Lipinski definition) is 0. The fourth-order valence-electron chi connectivity index (χ4n) is 3.06. The van der Waals surface area contributed by atoms with Crippen LogP contribution in [-0.2, 0) is 18.3 Å². The van der Waals surface area contributed by atoms with E-state index in [0.29, 0.717) is 5.92 Å². The van der Waals surface area contributed by atoms with E-state index in [1.54, 1.807) is 12.1 Å². The number of hydrogen-bond donors (Lipinski definition) is 0. The Morgan fingerprint density at radius 1 is 1.22 bits per heavy atom. The van der Waals surface area contributed by atoms with E-state index in [0.717, 1.165) is 19.3 Å². The van der Waals surface area contributed by atoms with Gasteiger partial charge in [-0.25, -0.2) is 4.39 Å². The van der Waals surface area contributed by atoms with Crippen LogP contribution in [0.1, 0.15) is 63.6 Å². The highest BCUT2D eigenvalue weighted by atomic mass is 19.1. The van der Waals surface area contributed by atoms with Gasteiger partial charge in [-0.3, -0.25) is 0 Å². The minimum Gasteiger partial charge on any atom is -0.207 e. The third-order valence-corrected chi connectivity index (χ3v) is 4.26. The third kappa shape index (κ3) is 2.76. The molecule has 0 spiro atoms. The van der Waals surface area contributed by atoms with Gasteiger partial charge in [0.05, 0.1) is 0 Å². The van der Waals surface area contributed by atoms with Crippen molar-refractivity contribution in [1.82, 2.24) is 0 Å². The van der Waals surface area contributed by atoms with Gasteiger partial charge in [0, 0.05) is 0 Å². The predicted molar refractivity (Wildman–Crippen MR) is 75.5 cm³/mol. The number of benzene rings is 1. The summed E-state index contributed by atoms with van der Waals surface area (Å²) in [6, 6.07) is 3.52. The maximum absolute atomic E-state index is 13.8. The van der Waals surface area contributed by atoms with Gasteiger partial charge < -0.3 is 0 Å². The zero-order chi connectivity index (χ0) is 13.3. The predicted octanol–water partition coefficient (Wildman–Crippen LogP) is 5.03. The molecule has 1 heteroatoms. The SMILES string of the molecule is CC(C)CCC(C)(C)c1cc(F)cc2c1CCC2. The van der Waals surface area contributed by atoms with Gasteiger partial charge in [0.25, 0.3) is 0 Å². The van der Waals surface area contributed by atoms with Crippen LogP contribution in [0.2, 0.25) is 0 Å². The molecule has 0 saturated heterocycles. The van der Waals surface area contributed by atoms with E-state index in [2.05, 4.69) is 27.7 Å². The molecule has 0 aliphatic heterocycles. The molecule has 2 rings (SSSR count). The average molecular weight is 248 g/mol. The summed E-state index contributed by atoms with van der Waals surface area (Å²) in [6.45, 7) is 9.05. The summed E-state index contributed by atoms with van der Waals surface area (Å²) in [4.78, 5) is 0. The first-order valence-corrected chi connectivity index (χ1v) is 7.22. The summed E-state index contributed by atoms with van der Waals surface area (Å²) < 4.78 is 13.8. The molecule has 0 saturated carbocycles. The number of aryl methyl sites for hydroxylation is 1. The second-order valence-electron chi connectivity index (χ2n) is 6.76. The molecule has 0 unspecified atom stereocenters.